The molecule has 4 aliphatic rings. The third-order valence-corrected chi connectivity index (χ3v) is 9.03. The summed E-state index contributed by atoms with van der Waals surface area (Å²) in [5.74, 6) is 0.383. The summed E-state index contributed by atoms with van der Waals surface area (Å²) in [6, 6.07) is 22.0. The maximum atomic E-state index is 12.5. The van der Waals surface area contributed by atoms with Crippen molar-refractivity contribution in [3.63, 3.8) is 0 Å². The van der Waals surface area contributed by atoms with Gasteiger partial charge in [-0.15, -0.1) is 0 Å². The average Bonchev–Trinajstić information content (AvgIpc) is 3.94. The highest BCUT2D eigenvalue weighted by molar-refractivity contribution is 6.04. The number of amides is 1. The van der Waals surface area contributed by atoms with Crippen molar-refractivity contribution >= 4 is 23.0 Å². The molecule has 6 heterocycles. The lowest BCUT2D eigenvalue weighted by atomic mass is 10.0. The van der Waals surface area contributed by atoms with Crippen LogP contribution >= 0.6 is 0 Å². The van der Waals surface area contributed by atoms with Crippen LogP contribution < -0.4 is 26.0 Å². The van der Waals surface area contributed by atoms with Crippen LogP contribution in [0.5, 0.6) is 5.88 Å². The fourth-order valence-electron chi connectivity index (χ4n) is 6.63. The summed E-state index contributed by atoms with van der Waals surface area (Å²) in [4.78, 5) is 20.0. The Morgan fingerprint density at radius 2 is 1.37 bits per heavy atom. The molecule has 4 N–H and O–H groups in total. The normalized spacial score (nSPS) is 25.1. The van der Waals surface area contributed by atoms with Gasteiger partial charge < -0.3 is 35.5 Å². The SMILES string of the molecule is CCOc1ccc(NC(=O)c2ccc([C@H]3O[C@@H]4CN[C@H]3C4)cc2)cn1.FC(F)(F)c1ccc(Nc2ccc([C@H]3O[C@@H]4CN[C@H]3C4)cc2)cn1. The Morgan fingerprint density at radius 1 is 0.796 bits per heavy atom. The Bertz CT molecular complexity index is 1720. The lowest BCUT2D eigenvalue weighted by Gasteiger charge is -2.23. The Hall–Kier alpha value is -4.56. The van der Waals surface area contributed by atoms with E-state index in [0.29, 0.717) is 53.7 Å². The Kier molecular flexibility index (Phi) is 9.50. The number of alkyl halides is 3. The zero-order chi connectivity index (χ0) is 34.0. The minimum absolute atomic E-state index is 0.0746. The molecule has 2 aromatic carbocycles. The summed E-state index contributed by atoms with van der Waals surface area (Å²) in [7, 11) is 0. The number of carbonyl (C=O) groups is 1. The Morgan fingerprint density at radius 3 is 1.84 bits per heavy atom. The molecule has 0 radical (unpaired) electrons. The predicted molar refractivity (Wildman–Crippen MR) is 177 cm³/mol. The first-order chi connectivity index (χ1) is 23.7. The van der Waals surface area contributed by atoms with E-state index in [4.69, 9.17) is 14.2 Å². The number of pyridine rings is 2. The molecule has 10 nitrogen and oxygen atoms in total. The monoisotopic (exact) mass is 674 g/mol. The van der Waals surface area contributed by atoms with Gasteiger partial charge in [-0.3, -0.25) is 4.79 Å². The first-order valence-electron chi connectivity index (χ1n) is 16.4. The molecule has 13 heteroatoms. The lowest BCUT2D eigenvalue weighted by Crippen LogP contribution is -2.34. The van der Waals surface area contributed by atoms with Gasteiger partial charge in [-0.1, -0.05) is 24.3 Å². The van der Waals surface area contributed by atoms with Gasteiger partial charge in [0, 0.05) is 42.5 Å². The molecular weight excluding hydrogens is 637 g/mol. The molecule has 4 saturated heterocycles. The van der Waals surface area contributed by atoms with E-state index in [1.807, 2.05) is 55.5 Å². The summed E-state index contributed by atoms with van der Waals surface area (Å²) in [5, 5.41) is 12.8. The van der Waals surface area contributed by atoms with E-state index < -0.39 is 11.9 Å². The quantitative estimate of drug-likeness (QED) is 0.174. The van der Waals surface area contributed by atoms with E-state index in [2.05, 4.69) is 31.2 Å². The Balaban J connectivity index is 0.000000154. The molecule has 0 unspecified atom stereocenters. The van der Waals surface area contributed by atoms with Gasteiger partial charge in [0.15, 0.2) is 0 Å². The molecule has 0 spiro atoms. The largest absolute Gasteiger partial charge is 0.478 e. The maximum Gasteiger partial charge on any atom is 0.433 e. The minimum Gasteiger partial charge on any atom is -0.478 e. The molecule has 49 heavy (non-hydrogen) atoms. The number of aromatic nitrogens is 2. The number of hydrogen-bond acceptors (Lipinski definition) is 9. The van der Waals surface area contributed by atoms with Crippen molar-refractivity contribution in [2.45, 2.75) is 62.4 Å². The van der Waals surface area contributed by atoms with Crippen molar-refractivity contribution in [3.05, 3.63) is 108 Å². The maximum absolute atomic E-state index is 12.5. The molecule has 1 amide bonds. The molecular formula is C36H37F3N6O4. The number of fused-ring (bicyclic) bond motifs is 4. The molecule has 4 aromatic rings. The number of anilines is 3. The Labute approximate surface area is 281 Å². The molecule has 256 valence electrons. The van der Waals surface area contributed by atoms with E-state index in [-0.39, 0.29) is 18.1 Å². The van der Waals surface area contributed by atoms with Crippen LogP contribution in [0.25, 0.3) is 0 Å². The minimum atomic E-state index is -4.42. The molecule has 0 aliphatic carbocycles. The number of ether oxygens (including phenoxy) is 3. The predicted octanol–water partition coefficient (Wildman–Crippen LogP) is 6.18. The van der Waals surface area contributed by atoms with Gasteiger partial charge in [0.05, 0.1) is 54.8 Å². The van der Waals surface area contributed by atoms with Crippen molar-refractivity contribution in [1.82, 2.24) is 20.6 Å². The number of nitrogens with zero attached hydrogens (tertiary/aromatic N) is 2. The first kappa shape index (κ1) is 33.0. The number of rotatable bonds is 8. The fourth-order valence-corrected chi connectivity index (χ4v) is 6.63. The average molecular weight is 675 g/mol. The van der Waals surface area contributed by atoms with Crippen LogP contribution in [0.1, 0.15) is 59.2 Å². The summed E-state index contributed by atoms with van der Waals surface area (Å²) in [6.45, 7) is 4.32. The van der Waals surface area contributed by atoms with E-state index in [0.717, 1.165) is 48.8 Å². The van der Waals surface area contributed by atoms with Gasteiger partial charge >= 0.3 is 6.18 Å². The van der Waals surface area contributed by atoms with Crippen molar-refractivity contribution < 1.29 is 32.2 Å². The highest BCUT2D eigenvalue weighted by Gasteiger charge is 2.42. The van der Waals surface area contributed by atoms with Gasteiger partial charge in [0.1, 0.15) is 5.69 Å². The van der Waals surface area contributed by atoms with E-state index in [9.17, 15) is 18.0 Å². The molecule has 0 saturated carbocycles. The van der Waals surface area contributed by atoms with Gasteiger partial charge in [-0.2, -0.15) is 13.2 Å². The number of nitrogens with one attached hydrogen (secondary N) is 4. The summed E-state index contributed by atoms with van der Waals surface area (Å²) >= 11 is 0. The molecule has 4 bridgehead atoms. The summed E-state index contributed by atoms with van der Waals surface area (Å²) in [6.07, 6.45) is 1.25. The third kappa shape index (κ3) is 7.70. The van der Waals surface area contributed by atoms with E-state index in [1.165, 1.54) is 12.3 Å². The first-order valence-corrected chi connectivity index (χ1v) is 16.4. The van der Waals surface area contributed by atoms with E-state index >= 15 is 0 Å². The van der Waals surface area contributed by atoms with Crippen molar-refractivity contribution in [2.75, 3.05) is 30.3 Å². The lowest BCUT2D eigenvalue weighted by molar-refractivity contribution is -0.141. The van der Waals surface area contributed by atoms with Gasteiger partial charge in [-0.25, -0.2) is 9.97 Å². The number of halogens is 3. The van der Waals surface area contributed by atoms with Gasteiger partial charge in [0.2, 0.25) is 5.88 Å². The van der Waals surface area contributed by atoms with Crippen LogP contribution in [0.15, 0.2) is 85.2 Å². The number of morpholine rings is 2. The molecule has 6 atom stereocenters. The van der Waals surface area contributed by atoms with Crippen molar-refractivity contribution in [1.29, 1.82) is 0 Å². The molecule has 4 fully saturated rings. The number of benzene rings is 2. The van der Waals surface area contributed by atoms with E-state index in [1.54, 1.807) is 18.3 Å². The smallest absolute Gasteiger partial charge is 0.433 e. The number of hydrogen-bond donors (Lipinski definition) is 4. The second-order valence-corrected chi connectivity index (χ2v) is 12.4. The van der Waals surface area contributed by atoms with Crippen LogP contribution in [-0.2, 0) is 15.7 Å². The van der Waals surface area contributed by atoms with Crippen LogP contribution in [-0.4, -0.2) is 59.9 Å². The zero-order valence-electron chi connectivity index (χ0n) is 26.7. The van der Waals surface area contributed by atoms with Crippen LogP contribution in [0.2, 0.25) is 0 Å². The molecule has 4 aliphatic heterocycles. The third-order valence-electron chi connectivity index (χ3n) is 9.03. The topological polar surface area (TPSA) is 119 Å². The van der Waals surface area contributed by atoms with Gasteiger partial charge in [0.25, 0.3) is 5.91 Å². The highest BCUT2D eigenvalue weighted by Crippen LogP contribution is 2.38. The van der Waals surface area contributed by atoms with Crippen molar-refractivity contribution in [3.8, 4) is 5.88 Å². The summed E-state index contributed by atoms with van der Waals surface area (Å²) in [5.41, 5.74) is 3.85. The fraction of sp³-hybridized carbons (Fsp3) is 0.361. The summed E-state index contributed by atoms with van der Waals surface area (Å²) < 4.78 is 54.7. The van der Waals surface area contributed by atoms with Crippen LogP contribution in [0, 0.1) is 0 Å². The second-order valence-electron chi connectivity index (χ2n) is 12.4. The standard InChI is InChI=1S/C19H21N3O3.C17H16F3N3O/c1-2-24-17-8-7-14(10-21-17)22-19(23)13-5-3-12(4-6-13)18-16-9-15(25-18)11-20-16;18-17(19,20)15-6-5-12(8-22-15)23-11-3-1-10(2-4-11)16-14-7-13(24-16)9-21-14/h3-8,10,15-16,18,20H,2,9,11H2,1H3,(H,22,23);1-6,8,13-14,16,21,23H,7,9H2/t15-,16-,18+;13-,14-,16+/m00/s1. The zero-order valence-corrected chi connectivity index (χ0v) is 26.7. The molecule has 8 rings (SSSR count). The number of carbonyl (C=O) groups excluding carboxylic acids is 1. The molecule has 2 aromatic heterocycles. The van der Waals surface area contributed by atoms with Crippen LogP contribution in [0.3, 0.4) is 0 Å². The van der Waals surface area contributed by atoms with Crippen molar-refractivity contribution in [2.24, 2.45) is 0 Å². The van der Waals surface area contributed by atoms with Gasteiger partial charge in [-0.05, 0) is 73.4 Å². The van der Waals surface area contributed by atoms with Crippen LogP contribution in [0.4, 0.5) is 30.2 Å². The highest BCUT2D eigenvalue weighted by atomic mass is 19.4. The second kappa shape index (κ2) is 14.1.